The molecule has 0 saturated heterocycles. The fraction of sp³-hybridized carbons (Fsp3) is 0. The van der Waals surface area contributed by atoms with Crippen molar-refractivity contribution in [2.24, 2.45) is 0 Å². The second-order valence-corrected chi connectivity index (χ2v) is 2.68. The van der Waals surface area contributed by atoms with Crippen LogP contribution >= 0.6 is 0 Å². The van der Waals surface area contributed by atoms with Crippen molar-refractivity contribution in [2.45, 2.75) is 0 Å². The molecule has 1 aromatic rings. The first kappa shape index (κ1) is 15.3. The average Bonchev–Trinajstić information content (AvgIpc) is 2.16. The van der Waals surface area contributed by atoms with E-state index >= 15 is 0 Å². The van der Waals surface area contributed by atoms with E-state index in [1.807, 2.05) is 0 Å². The number of aromatic hydroxyl groups is 1. The van der Waals surface area contributed by atoms with Crippen molar-refractivity contribution in [2.75, 3.05) is 0 Å². The second kappa shape index (κ2) is 5.57. The van der Waals surface area contributed by atoms with Crippen molar-refractivity contribution in [1.82, 2.24) is 0 Å². The number of nitrogens with zero attached hydrogens (tertiary/aromatic N) is 2. The third-order valence-electron chi connectivity index (χ3n) is 1.71. The van der Waals surface area contributed by atoms with Gasteiger partial charge in [-0.1, -0.05) is 0 Å². The number of aromatic carboxylic acids is 1. The van der Waals surface area contributed by atoms with Gasteiger partial charge in [0.1, 0.15) is 5.56 Å². The zero-order valence-corrected chi connectivity index (χ0v) is 7.48. The molecule has 0 radical (unpaired) electrons. The van der Waals surface area contributed by atoms with Gasteiger partial charge in [-0.05, 0) is 0 Å². The molecule has 0 fully saturated rings. The summed E-state index contributed by atoms with van der Waals surface area (Å²) < 4.78 is 0. The maximum atomic E-state index is 10.6. The van der Waals surface area contributed by atoms with Gasteiger partial charge in [0.2, 0.25) is 5.75 Å². The number of carbonyl (C=O) groups is 1. The minimum atomic E-state index is -1.69. The topological polar surface area (TPSA) is 144 Å². The minimum absolute atomic E-state index is 0. The van der Waals surface area contributed by atoms with E-state index in [2.05, 4.69) is 0 Å². The van der Waals surface area contributed by atoms with Gasteiger partial charge in [0.15, 0.2) is 0 Å². The number of nitro groups is 2. The molecule has 0 atom stereocenters. The van der Waals surface area contributed by atoms with Crippen LogP contribution in [0.2, 0.25) is 0 Å². The van der Waals surface area contributed by atoms with E-state index in [9.17, 15) is 30.1 Å². The summed E-state index contributed by atoms with van der Waals surface area (Å²) in [5.41, 5.74) is -2.69. The zero-order valence-electron chi connectivity index (χ0n) is 7.48. The molecule has 0 unspecified atom stereocenters. The van der Waals surface area contributed by atoms with Gasteiger partial charge < -0.3 is 10.2 Å². The van der Waals surface area contributed by atoms with Gasteiger partial charge >= 0.3 is 41.2 Å². The number of benzene rings is 1. The van der Waals surface area contributed by atoms with Crippen molar-refractivity contribution < 1.29 is 24.9 Å². The van der Waals surface area contributed by atoms with E-state index in [4.69, 9.17) is 5.11 Å². The molecule has 10 heteroatoms. The molecule has 86 valence electrons. The van der Waals surface area contributed by atoms with Crippen LogP contribution in [0.4, 0.5) is 11.4 Å². The molecule has 1 aromatic carbocycles. The molecule has 0 aromatic heterocycles. The number of nitro benzene ring substituents is 2. The maximum absolute atomic E-state index is 10.6. The third-order valence-corrected chi connectivity index (χ3v) is 1.71. The Hall–Kier alpha value is -1.71. The number of hydrogen-bond donors (Lipinski definition) is 2. The predicted octanol–water partition coefficient (Wildman–Crippen LogP) is 0.258. The first-order chi connectivity index (χ1) is 7.34. The molecule has 0 aliphatic carbocycles. The van der Waals surface area contributed by atoms with Crippen LogP contribution in [-0.4, -0.2) is 55.6 Å². The fourth-order valence-electron chi connectivity index (χ4n) is 1.01. The molecule has 0 heterocycles. The van der Waals surface area contributed by atoms with Crippen LogP contribution in [0.3, 0.4) is 0 Å². The second-order valence-electron chi connectivity index (χ2n) is 2.68. The first-order valence-electron chi connectivity index (χ1n) is 3.73. The summed E-state index contributed by atoms with van der Waals surface area (Å²) in [6.45, 7) is 0. The Morgan fingerprint density at radius 3 is 2.06 bits per heavy atom. The number of hydrogen-bond acceptors (Lipinski definition) is 6. The zero-order chi connectivity index (χ0) is 12.5. The van der Waals surface area contributed by atoms with Crippen LogP contribution < -0.4 is 0 Å². The quantitative estimate of drug-likeness (QED) is 0.445. The standard InChI is InChI=1S/C7H4N2O7.Na.H/c10-6-4(7(11)12)1-3(8(13)14)2-5(6)9(15)16;;/h1-2,10H,(H,11,12);;. The van der Waals surface area contributed by atoms with Crippen LogP contribution in [0.15, 0.2) is 12.1 Å². The Morgan fingerprint density at radius 2 is 1.71 bits per heavy atom. The summed E-state index contributed by atoms with van der Waals surface area (Å²) >= 11 is 0. The molecule has 0 spiro atoms. The average molecular weight is 252 g/mol. The molecule has 2 N–H and O–H groups in total. The van der Waals surface area contributed by atoms with Gasteiger partial charge in [0, 0.05) is 6.07 Å². The number of phenols is 1. The van der Waals surface area contributed by atoms with Gasteiger partial charge in [0.05, 0.1) is 15.9 Å². The van der Waals surface area contributed by atoms with E-state index in [1.165, 1.54) is 0 Å². The molecule has 0 amide bonds. The van der Waals surface area contributed by atoms with E-state index in [1.54, 1.807) is 0 Å². The fourth-order valence-corrected chi connectivity index (χ4v) is 1.01. The van der Waals surface area contributed by atoms with Gasteiger partial charge in [-0.3, -0.25) is 20.2 Å². The van der Waals surface area contributed by atoms with Crippen LogP contribution in [0, 0.1) is 20.2 Å². The molecule has 1 rings (SSSR count). The Morgan fingerprint density at radius 1 is 1.18 bits per heavy atom. The normalized spacial score (nSPS) is 9.18. The Balaban J connectivity index is 0.00000256. The number of rotatable bonds is 3. The Labute approximate surface area is 115 Å². The molecule has 0 aliphatic heterocycles. The summed E-state index contributed by atoms with van der Waals surface area (Å²) in [5, 5.41) is 38.5. The summed E-state index contributed by atoms with van der Waals surface area (Å²) in [4.78, 5) is 29.2. The van der Waals surface area contributed by atoms with Gasteiger partial charge in [-0.25, -0.2) is 4.79 Å². The number of carboxylic acids is 1. The van der Waals surface area contributed by atoms with Gasteiger partial charge in [0.25, 0.3) is 5.69 Å². The number of carboxylic acid groups (broad SMARTS) is 1. The predicted molar refractivity (Wildman–Crippen MR) is 55.5 cm³/mol. The molecular formula is C7H5N2NaO7. The van der Waals surface area contributed by atoms with E-state index < -0.39 is 38.5 Å². The number of non-ortho nitro benzene ring substituents is 1. The summed E-state index contributed by atoms with van der Waals surface area (Å²) in [5.74, 6) is -2.80. The molecule has 0 bridgehead atoms. The van der Waals surface area contributed by atoms with Crippen molar-refractivity contribution in [3.8, 4) is 5.75 Å². The SMILES string of the molecule is O=C(O)c1cc([N+](=O)[O-])cc([N+](=O)[O-])c1O.[NaH]. The molecular weight excluding hydrogens is 247 g/mol. The molecule has 0 saturated carbocycles. The molecule has 0 aliphatic rings. The third kappa shape index (κ3) is 3.12. The van der Waals surface area contributed by atoms with E-state index in [0.29, 0.717) is 12.1 Å². The Bertz CT molecular complexity index is 466. The molecule has 9 nitrogen and oxygen atoms in total. The van der Waals surface area contributed by atoms with E-state index in [-0.39, 0.29) is 29.6 Å². The first-order valence-corrected chi connectivity index (χ1v) is 3.73. The Kier molecular flexibility index (Phi) is 5.01. The molecule has 17 heavy (non-hydrogen) atoms. The van der Waals surface area contributed by atoms with Gasteiger partial charge in [-0.15, -0.1) is 0 Å². The van der Waals surface area contributed by atoms with Crippen molar-refractivity contribution in [3.05, 3.63) is 37.9 Å². The summed E-state index contributed by atoms with van der Waals surface area (Å²) in [6.07, 6.45) is 0. The van der Waals surface area contributed by atoms with Crippen LogP contribution in [0.5, 0.6) is 5.75 Å². The monoisotopic (exact) mass is 252 g/mol. The van der Waals surface area contributed by atoms with Crippen molar-refractivity contribution >= 4 is 46.9 Å². The summed E-state index contributed by atoms with van der Waals surface area (Å²) in [6, 6.07) is 1.03. The van der Waals surface area contributed by atoms with Crippen LogP contribution in [0.25, 0.3) is 0 Å². The van der Waals surface area contributed by atoms with Crippen molar-refractivity contribution in [3.63, 3.8) is 0 Å². The summed E-state index contributed by atoms with van der Waals surface area (Å²) in [7, 11) is 0. The van der Waals surface area contributed by atoms with E-state index in [0.717, 1.165) is 0 Å². The van der Waals surface area contributed by atoms with Crippen LogP contribution in [-0.2, 0) is 0 Å². The van der Waals surface area contributed by atoms with Gasteiger partial charge in [-0.2, -0.15) is 0 Å². The van der Waals surface area contributed by atoms with Crippen LogP contribution in [0.1, 0.15) is 10.4 Å². The van der Waals surface area contributed by atoms with Crippen molar-refractivity contribution in [1.29, 1.82) is 0 Å².